The second kappa shape index (κ2) is 8.60. The molecule has 3 aromatic rings. The van der Waals surface area contributed by atoms with Crippen LogP contribution in [0.25, 0.3) is 22.2 Å². The highest BCUT2D eigenvalue weighted by atomic mass is 79.9. The maximum atomic E-state index is 13.2. The molecule has 164 valence electrons. The van der Waals surface area contributed by atoms with Crippen molar-refractivity contribution in [3.8, 4) is 11.3 Å². The molecule has 32 heavy (non-hydrogen) atoms. The number of nitrogens with zero attached hydrogens (tertiary/aromatic N) is 2. The largest absolute Gasteiger partial charge is 0.460 e. The molecule has 7 nitrogen and oxygen atoms in total. The van der Waals surface area contributed by atoms with Crippen molar-refractivity contribution in [3.05, 3.63) is 58.8 Å². The third kappa shape index (κ3) is 4.00. The van der Waals surface area contributed by atoms with E-state index in [9.17, 15) is 9.59 Å². The predicted octanol–water partition coefficient (Wildman–Crippen LogP) is 3.47. The topological polar surface area (TPSA) is 93.2 Å². The fraction of sp³-hybridized carbons (Fsp3) is 0.333. The van der Waals surface area contributed by atoms with Gasteiger partial charge in [-0.25, -0.2) is 4.98 Å². The number of fused-ring (bicyclic) bond motifs is 1. The van der Waals surface area contributed by atoms with Crippen molar-refractivity contribution in [3.63, 3.8) is 0 Å². The van der Waals surface area contributed by atoms with Crippen LogP contribution in [-0.4, -0.2) is 47.6 Å². The number of cyclic esters (lactones) is 1. The zero-order valence-corrected chi connectivity index (χ0v) is 19.0. The van der Waals surface area contributed by atoms with Crippen LogP contribution in [0.5, 0.6) is 0 Å². The fourth-order valence-corrected chi connectivity index (χ4v) is 4.98. The van der Waals surface area contributed by atoms with Crippen LogP contribution in [0, 0.1) is 5.41 Å². The van der Waals surface area contributed by atoms with Gasteiger partial charge in [-0.2, -0.15) is 0 Å². The van der Waals surface area contributed by atoms with E-state index in [2.05, 4.69) is 31.5 Å². The number of benzene rings is 1. The number of pyridine rings is 2. The molecule has 8 heteroatoms. The van der Waals surface area contributed by atoms with E-state index in [1.54, 1.807) is 18.5 Å². The van der Waals surface area contributed by atoms with Crippen LogP contribution in [0.2, 0.25) is 0 Å². The van der Waals surface area contributed by atoms with E-state index in [0.717, 1.165) is 46.9 Å². The number of ether oxygens (including phenoxy) is 1. The normalized spacial score (nSPS) is 19.8. The van der Waals surface area contributed by atoms with Crippen molar-refractivity contribution in [1.29, 1.82) is 0 Å². The summed E-state index contributed by atoms with van der Waals surface area (Å²) in [6.07, 6.45) is 5.33. The van der Waals surface area contributed by atoms with Gasteiger partial charge in [0.15, 0.2) is 0 Å². The Hall–Kier alpha value is -2.84. The van der Waals surface area contributed by atoms with Gasteiger partial charge in [0.05, 0.1) is 28.7 Å². The Labute approximate surface area is 194 Å². The van der Waals surface area contributed by atoms with Gasteiger partial charge in [-0.1, -0.05) is 15.9 Å². The van der Waals surface area contributed by atoms with Crippen LogP contribution >= 0.6 is 15.9 Å². The number of aromatic nitrogens is 2. The molecule has 2 fully saturated rings. The highest BCUT2D eigenvalue weighted by Crippen LogP contribution is 2.41. The molecule has 2 aliphatic heterocycles. The number of nitrogens with one attached hydrogen (secondary N) is 2. The molecule has 0 radical (unpaired) electrons. The second-order valence-electron chi connectivity index (χ2n) is 8.42. The van der Waals surface area contributed by atoms with Crippen LogP contribution in [-0.2, 0) is 9.53 Å². The van der Waals surface area contributed by atoms with Gasteiger partial charge in [0.2, 0.25) is 0 Å². The van der Waals surface area contributed by atoms with E-state index in [0.29, 0.717) is 24.2 Å². The summed E-state index contributed by atoms with van der Waals surface area (Å²) < 4.78 is 6.50. The number of hydrogen-bond acceptors (Lipinski definition) is 6. The Balaban J connectivity index is 1.39. The summed E-state index contributed by atoms with van der Waals surface area (Å²) in [4.78, 5) is 34.5. The van der Waals surface area contributed by atoms with Gasteiger partial charge in [0.1, 0.15) is 6.10 Å². The monoisotopic (exact) mass is 494 g/mol. The first-order chi connectivity index (χ1) is 15.5. The van der Waals surface area contributed by atoms with Crippen molar-refractivity contribution in [2.24, 2.45) is 5.41 Å². The van der Waals surface area contributed by atoms with Crippen LogP contribution in [0.1, 0.15) is 29.6 Å². The number of carbonyl (C=O) groups excluding carboxylic acids is 2. The minimum atomic E-state index is -0.399. The number of carbonyl (C=O) groups is 2. The molecular formula is C24H23BrN4O3. The lowest BCUT2D eigenvalue weighted by atomic mass is 9.76. The molecule has 1 unspecified atom stereocenters. The quantitative estimate of drug-likeness (QED) is 0.539. The highest BCUT2D eigenvalue weighted by Gasteiger charge is 2.49. The minimum absolute atomic E-state index is 0.128. The number of halogens is 1. The number of esters is 1. The second-order valence-corrected chi connectivity index (χ2v) is 9.34. The van der Waals surface area contributed by atoms with Gasteiger partial charge < -0.3 is 15.4 Å². The van der Waals surface area contributed by atoms with Crippen LogP contribution in [0.3, 0.4) is 0 Å². The van der Waals surface area contributed by atoms with Crippen LogP contribution in [0.4, 0.5) is 0 Å². The summed E-state index contributed by atoms with van der Waals surface area (Å²) in [5.74, 6) is -0.343. The summed E-state index contributed by atoms with van der Waals surface area (Å²) in [5, 5.41) is 7.04. The van der Waals surface area contributed by atoms with Crippen molar-refractivity contribution in [1.82, 2.24) is 20.6 Å². The molecule has 2 saturated heterocycles. The summed E-state index contributed by atoms with van der Waals surface area (Å²) in [6.45, 7) is 1.94. The Morgan fingerprint density at radius 2 is 1.97 bits per heavy atom. The summed E-state index contributed by atoms with van der Waals surface area (Å²) in [7, 11) is 0. The molecule has 1 atom stereocenters. The first-order valence-corrected chi connectivity index (χ1v) is 11.5. The van der Waals surface area contributed by atoms with Gasteiger partial charge in [0, 0.05) is 34.2 Å². The van der Waals surface area contributed by atoms with Crippen LogP contribution < -0.4 is 10.6 Å². The molecule has 0 aliphatic carbocycles. The number of rotatable bonds is 4. The smallest absolute Gasteiger partial charge is 0.312 e. The van der Waals surface area contributed by atoms with Crippen LogP contribution in [0.15, 0.2) is 53.3 Å². The van der Waals surface area contributed by atoms with E-state index >= 15 is 0 Å². The van der Waals surface area contributed by atoms with Gasteiger partial charge >= 0.3 is 5.97 Å². The van der Waals surface area contributed by atoms with Gasteiger partial charge in [0.25, 0.3) is 5.91 Å². The Bertz CT molecular complexity index is 1180. The van der Waals surface area contributed by atoms with E-state index in [1.165, 1.54) is 0 Å². The third-order valence-corrected chi connectivity index (χ3v) is 6.86. The minimum Gasteiger partial charge on any atom is -0.460 e. The lowest BCUT2D eigenvalue weighted by Gasteiger charge is -2.29. The molecular weight excluding hydrogens is 472 g/mol. The maximum Gasteiger partial charge on any atom is 0.312 e. The fourth-order valence-electron chi connectivity index (χ4n) is 4.62. The SMILES string of the molecule is O=C(NCC1CC2(CCNCC2)C(=O)O1)c1cc(-c2ccncc2)nc2ccc(Br)cc12. The maximum absolute atomic E-state index is 13.2. The molecule has 4 heterocycles. The van der Waals surface area contributed by atoms with Crippen molar-refractivity contribution < 1.29 is 14.3 Å². The molecule has 5 rings (SSSR count). The number of amides is 1. The third-order valence-electron chi connectivity index (χ3n) is 6.37. The average molecular weight is 495 g/mol. The first-order valence-electron chi connectivity index (χ1n) is 10.7. The zero-order valence-electron chi connectivity index (χ0n) is 17.4. The van der Waals surface area contributed by atoms with Crippen molar-refractivity contribution in [2.75, 3.05) is 19.6 Å². The zero-order chi connectivity index (χ0) is 22.1. The molecule has 2 aliphatic rings. The standard InChI is InChI=1S/C24H23BrN4O3/c25-16-1-2-20-18(11-16)19(12-21(29-20)15-3-7-26-8-4-15)22(30)28-14-17-13-24(23(31)32-17)5-9-27-10-6-24/h1-4,7-8,11-12,17,27H,5-6,9-10,13-14H2,(H,28,30). The number of piperidine rings is 1. The van der Waals surface area contributed by atoms with Gasteiger partial charge in [-0.3, -0.25) is 14.6 Å². The molecule has 1 amide bonds. The summed E-state index contributed by atoms with van der Waals surface area (Å²) in [6, 6.07) is 11.2. The average Bonchev–Trinajstić information content (AvgIpc) is 3.12. The van der Waals surface area contributed by atoms with Crippen molar-refractivity contribution >= 4 is 38.7 Å². The molecule has 2 N–H and O–H groups in total. The number of hydrogen-bond donors (Lipinski definition) is 2. The highest BCUT2D eigenvalue weighted by molar-refractivity contribution is 9.10. The lowest BCUT2D eigenvalue weighted by Crippen LogP contribution is -2.39. The van der Waals surface area contributed by atoms with E-state index in [-0.39, 0.29) is 18.0 Å². The lowest BCUT2D eigenvalue weighted by molar-refractivity contribution is -0.149. The Morgan fingerprint density at radius 3 is 2.75 bits per heavy atom. The molecule has 0 bridgehead atoms. The predicted molar refractivity (Wildman–Crippen MR) is 124 cm³/mol. The van der Waals surface area contributed by atoms with Crippen molar-refractivity contribution in [2.45, 2.75) is 25.4 Å². The first kappa shape index (κ1) is 21.0. The Kier molecular flexibility index (Phi) is 5.65. The van der Waals surface area contributed by atoms with E-state index < -0.39 is 5.41 Å². The summed E-state index contributed by atoms with van der Waals surface area (Å²) in [5.41, 5.74) is 2.45. The molecule has 0 saturated carbocycles. The van der Waals surface area contributed by atoms with Gasteiger partial charge in [-0.05, 0) is 62.3 Å². The van der Waals surface area contributed by atoms with Gasteiger partial charge in [-0.15, -0.1) is 0 Å². The summed E-state index contributed by atoms with van der Waals surface area (Å²) >= 11 is 3.49. The molecule has 1 aromatic carbocycles. The van der Waals surface area contributed by atoms with E-state index in [1.807, 2.05) is 30.3 Å². The molecule has 2 aromatic heterocycles. The Morgan fingerprint density at radius 1 is 1.19 bits per heavy atom. The molecule has 1 spiro atoms. The van der Waals surface area contributed by atoms with E-state index in [4.69, 9.17) is 9.72 Å².